The molecular formula is C11H14Cl2N2S. The van der Waals surface area contributed by atoms with Gasteiger partial charge in [-0.2, -0.15) is 11.8 Å². The van der Waals surface area contributed by atoms with Gasteiger partial charge in [-0.25, -0.2) is 4.98 Å². The van der Waals surface area contributed by atoms with Crippen LogP contribution in [0.3, 0.4) is 0 Å². The summed E-state index contributed by atoms with van der Waals surface area (Å²) in [5.74, 6) is 2.51. The number of halogens is 2. The van der Waals surface area contributed by atoms with E-state index >= 15 is 0 Å². The second-order valence-electron chi connectivity index (χ2n) is 3.86. The first-order chi connectivity index (χ1) is 7.70. The molecule has 2 heterocycles. The van der Waals surface area contributed by atoms with Crippen LogP contribution in [-0.2, 0) is 5.88 Å². The van der Waals surface area contributed by atoms with Crippen molar-refractivity contribution >= 4 is 40.8 Å². The van der Waals surface area contributed by atoms with E-state index in [2.05, 4.69) is 16.8 Å². The molecule has 1 aromatic rings. The Bertz CT molecular complexity index is 373. The Hall–Kier alpha value is -0.120. The van der Waals surface area contributed by atoms with Gasteiger partial charge in [-0.15, -0.1) is 11.6 Å². The maximum absolute atomic E-state index is 5.99. The van der Waals surface area contributed by atoms with Crippen molar-refractivity contribution < 1.29 is 0 Å². The molecule has 1 aliphatic heterocycles. The molecule has 16 heavy (non-hydrogen) atoms. The maximum Gasteiger partial charge on any atom is 0.129 e. The number of aromatic nitrogens is 1. The number of rotatable bonds is 2. The molecule has 5 heteroatoms. The first-order valence-electron chi connectivity index (χ1n) is 5.28. The third-order valence-electron chi connectivity index (χ3n) is 2.60. The Labute approximate surface area is 110 Å². The second-order valence-corrected chi connectivity index (χ2v) is 6.08. The molecule has 2 rings (SSSR count). The lowest BCUT2D eigenvalue weighted by Gasteiger charge is -2.31. The van der Waals surface area contributed by atoms with Crippen molar-refractivity contribution in [3.8, 4) is 0 Å². The highest BCUT2D eigenvalue weighted by Gasteiger charge is 2.18. The normalized spacial score (nSPS) is 21.2. The zero-order valence-corrected chi connectivity index (χ0v) is 11.4. The lowest BCUT2D eigenvalue weighted by Crippen LogP contribution is -2.37. The average molecular weight is 277 g/mol. The minimum atomic E-state index is 0.366. The van der Waals surface area contributed by atoms with Crippen molar-refractivity contribution in [2.24, 2.45) is 0 Å². The van der Waals surface area contributed by atoms with Gasteiger partial charge in [0.25, 0.3) is 0 Å². The Morgan fingerprint density at radius 1 is 1.56 bits per heavy atom. The van der Waals surface area contributed by atoms with E-state index in [1.54, 1.807) is 0 Å². The summed E-state index contributed by atoms with van der Waals surface area (Å²) in [4.78, 5) is 6.80. The fraction of sp³-hybridized carbons (Fsp3) is 0.545. The van der Waals surface area contributed by atoms with Crippen molar-refractivity contribution in [3.63, 3.8) is 0 Å². The zero-order valence-electron chi connectivity index (χ0n) is 9.12. The monoisotopic (exact) mass is 276 g/mol. The molecule has 0 aromatic carbocycles. The molecule has 1 aliphatic rings. The summed E-state index contributed by atoms with van der Waals surface area (Å²) < 4.78 is 0. The van der Waals surface area contributed by atoms with Gasteiger partial charge in [0.15, 0.2) is 0 Å². The second kappa shape index (κ2) is 5.48. The van der Waals surface area contributed by atoms with Crippen molar-refractivity contribution in [1.29, 1.82) is 0 Å². The van der Waals surface area contributed by atoms with Crippen molar-refractivity contribution in [3.05, 3.63) is 22.8 Å². The van der Waals surface area contributed by atoms with Gasteiger partial charge >= 0.3 is 0 Å². The fourth-order valence-electron chi connectivity index (χ4n) is 1.77. The number of thioether (sulfide) groups is 1. The minimum Gasteiger partial charge on any atom is -0.355 e. The number of hydrogen-bond donors (Lipinski definition) is 0. The van der Waals surface area contributed by atoms with Gasteiger partial charge < -0.3 is 4.90 Å². The molecule has 1 atom stereocenters. The summed E-state index contributed by atoms with van der Waals surface area (Å²) >= 11 is 13.8. The minimum absolute atomic E-state index is 0.366. The Morgan fingerprint density at radius 2 is 2.38 bits per heavy atom. The van der Waals surface area contributed by atoms with Crippen LogP contribution in [0.2, 0.25) is 5.02 Å². The third-order valence-corrected chi connectivity index (χ3v) is 4.33. The third kappa shape index (κ3) is 2.76. The highest BCUT2D eigenvalue weighted by atomic mass is 35.5. The standard InChI is InChI=1S/C11H14Cl2N2S/c1-8-7-15(4-5-16-8)11-3-2-9(13)10(6-12)14-11/h2-3,8H,4-7H2,1H3. The number of hydrogen-bond acceptors (Lipinski definition) is 3. The molecule has 0 bridgehead atoms. The van der Waals surface area contributed by atoms with Gasteiger partial charge in [-0.3, -0.25) is 0 Å². The summed E-state index contributed by atoms with van der Waals surface area (Å²) in [6.45, 7) is 4.33. The van der Waals surface area contributed by atoms with Crippen LogP contribution in [-0.4, -0.2) is 29.1 Å². The SMILES string of the molecule is CC1CN(c2ccc(Cl)c(CCl)n2)CCS1. The summed E-state index contributed by atoms with van der Waals surface area (Å²) in [5, 5.41) is 1.31. The van der Waals surface area contributed by atoms with Crippen LogP contribution in [0.1, 0.15) is 12.6 Å². The van der Waals surface area contributed by atoms with E-state index in [0.29, 0.717) is 16.2 Å². The molecule has 1 unspecified atom stereocenters. The van der Waals surface area contributed by atoms with Crippen molar-refractivity contribution in [2.45, 2.75) is 18.1 Å². The molecule has 1 fully saturated rings. The van der Waals surface area contributed by atoms with Gasteiger partial charge in [-0.1, -0.05) is 18.5 Å². The predicted octanol–water partition coefficient (Wildman–Crippen LogP) is 3.42. The van der Waals surface area contributed by atoms with Crippen LogP contribution in [0.15, 0.2) is 12.1 Å². The topological polar surface area (TPSA) is 16.1 Å². The Balaban J connectivity index is 2.19. The summed E-state index contributed by atoms with van der Waals surface area (Å²) in [6, 6.07) is 3.86. The van der Waals surface area contributed by atoms with E-state index in [1.807, 2.05) is 23.9 Å². The van der Waals surface area contributed by atoms with E-state index < -0.39 is 0 Å². The smallest absolute Gasteiger partial charge is 0.129 e. The zero-order chi connectivity index (χ0) is 11.5. The molecule has 0 aliphatic carbocycles. The highest BCUT2D eigenvalue weighted by molar-refractivity contribution is 8.00. The lowest BCUT2D eigenvalue weighted by molar-refractivity contribution is 0.768. The fourth-order valence-corrected chi connectivity index (χ4v) is 3.23. The molecule has 1 saturated heterocycles. The average Bonchev–Trinajstić information content (AvgIpc) is 2.29. The van der Waals surface area contributed by atoms with E-state index in [1.165, 1.54) is 0 Å². The maximum atomic E-state index is 5.99. The Kier molecular flexibility index (Phi) is 4.22. The first-order valence-corrected chi connectivity index (χ1v) is 7.24. The molecular weight excluding hydrogens is 263 g/mol. The summed E-state index contributed by atoms with van der Waals surface area (Å²) in [7, 11) is 0. The van der Waals surface area contributed by atoms with Gasteiger partial charge in [0.1, 0.15) is 5.82 Å². The van der Waals surface area contributed by atoms with E-state index in [-0.39, 0.29) is 0 Å². The van der Waals surface area contributed by atoms with Crippen LogP contribution in [0, 0.1) is 0 Å². The summed E-state index contributed by atoms with van der Waals surface area (Å²) in [5.41, 5.74) is 0.770. The molecule has 0 spiro atoms. The number of anilines is 1. The van der Waals surface area contributed by atoms with E-state index in [0.717, 1.165) is 30.4 Å². The highest BCUT2D eigenvalue weighted by Crippen LogP contribution is 2.25. The van der Waals surface area contributed by atoms with E-state index in [4.69, 9.17) is 23.2 Å². The van der Waals surface area contributed by atoms with Crippen LogP contribution in [0.4, 0.5) is 5.82 Å². The summed E-state index contributed by atoms with van der Waals surface area (Å²) in [6.07, 6.45) is 0. The molecule has 2 nitrogen and oxygen atoms in total. The van der Waals surface area contributed by atoms with Gasteiger partial charge in [0, 0.05) is 24.1 Å². The molecule has 0 amide bonds. The number of alkyl halides is 1. The number of pyridine rings is 1. The van der Waals surface area contributed by atoms with Crippen molar-refractivity contribution in [1.82, 2.24) is 4.98 Å². The van der Waals surface area contributed by atoms with Gasteiger partial charge in [-0.05, 0) is 12.1 Å². The van der Waals surface area contributed by atoms with E-state index in [9.17, 15) is 0 Å². The predicted molar refractivity (Wildman–Crippen MR) is 72.9 cm³/mol. The van der Waals surface area contributed by atoms with Gasteiger partial charge in [0.2, 0.25) is 0 Å². The van der Waals surface area contributed by atoms with Crippen molar-refractivity contribution in [2.75, 3.05) is 23.7 Å². The largest absolute Gasteiger partial charge is 0.355 e. The molecule has 0 N–H and O–H groups in total. The quantitative estimate of drug-likeness (QED) is 0.771. The van der Waals surface area contributed by atoms with Crippen LogP contribution < -0.4 is 4.90 Å². The van der Waals surface area contributed by atoms with Crippen LogP contribution in [0.5, 0.6) is 0 Å². The number of nitrogens with zero attached hydrogens (tertiary/aromatic N) is 2. The Morgan fingerprint density at radius 3 is 3.06 bits per heavy atom. The van der Waals surface area contributed by atoms with Gasteiger partial charge in [0.05, 0.1) is 16.6 Å². The molecule has 0 radical (unpaired) electrons. The first kappa shape index (κ1) is 12.3. The lowest BCUT2D eigenvalue weighted by atomic mass is 10.3. The molecule has 0 saturated carbocycles. The van der Waals surface area contributed by atoms with Crippen LogP contribution in [0.25, 0.3) is 0 Å². The van der Waals surface area contributed by atoms with Crippen LogP contribution >= 0.6 is 35.0 Å². The molecule has 1 aromatic heterocycles. The molecule has 88 valence electrons.